The minimum atomic E-state index is -4.40. The van der Waals surface area contributed by atoms with Gasteiger partial charge in [0.2, 0.25) is 5.91 Å². The van der Waals surface area contributed by atoms with Crippen LogP contribution in [0.1, 0.15) is 41.6 Å². The van der Waals surface area contributed by atoms with Crippen LogP contribution in [0, 0.1) is 0 Å². The Morgan fingerprint density at radius 2 is 2.10 bits per heavy atom. The van der Waals surface area contributed by atoms with Crippen molar-refractivity contribution in [3.63, 3.8) is 0 Å². The van der Waals surface area contributed by atoms with E-state index in [1.165, 1.54) is 12.1 Å². The maximum absolute atomic E-state index is 12.9. The first-order valence-corrected chi connectivity index (χ1v) is 9.46. The van der Waals surface area contributed by atoms with Gasteiger partial charge in [0.25, 0.3) is 0 Å². The molecule has 2 aromatic rings. The quantitative estimate of drug-likeness (QED) is 0.691. The summed E-state index contributed by atoms with van der Waals surface area (Å²) in [6.07, 6.45) is 0.495. The lowest BCUT2D eigenvalue weighted by atomic mass is 10.1. The van der Waals surface area contributed by atoms with Crippen LogP contribution in [0.3, 0.4) is 0 Å². The Morgan fingerprint density at radius 1 is 1.31 bits per heavy atom. The maximum atomic E-state index is 12.9. The summed E-state index contributed by atoms with van der Waals surface area (Å²) in [5, 5.41) is 8.42. The zero-order valence-corrected chi connectivity index (χ0v) is 15.7. The van der Waals surface area contributed by atoms with Crippen molar-refractivity contribution >= 4 is 5.91 Å². The number of likely N-dealkylation sites (tertiary alicyclic amines) is 1. The fraction of sp³-hybridized carbons (Fsp3) is 0.450. The number of rotatable bonds is 6. The van der Waals surface area contributed by atoms with Crippen LogP contribution in [0.25, 0.3) is 0 Å². The van der Waals surface area contributed by atoms with E-state index < -0.39 is 17.8 Å². The van der Waals surface area contributed by atoms with Gasteiger partial charge in [0.05, 0.1) is 30.0 Å². The highest BCUT2D eigenvalue weighted by atomic mass is 19.4. The Kier molecular flexibility index (Phi) is 5.16. The molecule has 1 aromatic carbocycles. The van der Waals surface area contributed by atoms with E-state index in [-0.39, 0.29) is 18.6 Å². The molecule has 1 unspecified atom stereocenters. The second-order valence-corrected chi connectivity index (χ2v) is 7.46. The molecule has 4 rings (SSSR count). The van der Waals surface area contributed by atoms with Crippen LogP contribution in [0.4, 0.5) is 13.2 Å². The molecule has 9 heteroatoms. The molecule has 0 radical (unpaired) electrons. The molecule has 1 aromatic heterocycles. The van der Waals surface area contributed by atoms with E-state index in [1.807, 2.05) is 6.20 Å². The fourth-order valence-electron chi connectivity index (χ4n) is 3.54. The van der Waals surface area contributed by atoms with Crippen molar-refractivity contribution in [2.75, 3.05) is 13.1 Å². The van der Waals surface area contributed by atoms with Crippen LogP contribution in [0.2, 0.25) is 0 Å². The van der Waals surface area contributed by atoms with Gasteiger partial charge in [-0.1, -0.05) is 23.9 Å². The first kappa shape index (κ1) is 19.6. The number of ether oxygens (including phenoxy) is 1. The Hall–Kier alpha value is -2.68. The van der Waals surface area contributed by atoms with E-state index in [9.17, 15) is 18.0 Å². The van der Waals surface area contributed by atoms with Crippen molar-refractivity contribution in [1.29, 1.82) is 0 Å². The summed E-state index contributed by atoms with van der Waals surface area (Å²) in [5.41, 5.74) is 0.634. The van der Waals surface area contributed by atoms with E-state index in [0.29, 0.717) is 24.6 Å². The van der Waals surface area contributed by atoms with E-state index in [0.717, 1.165) is 30.7 Å². The monoisotopic (exact) mass is 406 g/mol. The number of alkyl halides is 3. The Morgan fingerprint density at radius 3 is 2.79 bits per heavy atom. The van der Waals surface area contributed by atoms with E-state index >= 15 is 0 Å². The third-order valence-corrected chi connectivity index (χ3v) is 5.31. The predicted molar refractivity (Wildman–Crippen MR) is 97.8 cm³/mol. The lowest BCUT2D eigenvalue weighted by Crippen LogP contribution is -2.28. The number of amides is 1. The third kappa shape index (κ3) is 4.34. The first-order chi connectivity index (χ1) is 13.8. The average Bonchev–Trinajstić information content (AvgIpc) is 3.27. The van der Waals surface area contributed by atoms with Gasteiger partial charge < -0.3 is 9.64 Å². The van der Waals surface area contributed by atoms with Crippen LogP contribution < -0.4 is 0 Å². The first-order valence-electron chi connectivity index (χ1n) is 9.46. The zero-order chi connectivity index (χ0) is 20.6. The highest BCUT2D eigenvalue weighted by Crippen LogP contribution is 2.39. The van der Waals surface area contributed by atoms with Gasteiger partial charge in [-0.2, -0.15) is 13.2 Å². The summed E-state index contributed by atoms with van der Waals surface area (Å²) >= 11 is 0. The van der Waals surface area contributed by atoms with Gasteiger partial charge in [-0.15, -0.1) is 5.10 Å². The van der Waals surface area contributed by atoms with Crippen molar-refractivity contribution in [3.05, 3.63) is 59.9 Å². The topological polar surface area (TPSA) is 60.2 Å². The highest BCUT2D eigenvalue weighted by Gasteiger charge is 2.38. The SMILES string of the molecule is C=CC(=O)N1CC(n2cc(C3CC3)nn2)[C@H](OCc2cccc(C(F)(F)F)c2)C1. The largest absolute Gasteiger partial charge is 0.416 e. The van der Waals surface area contributed by atoms with E-state index in [2.05, 4.69) is 16.9 Å². The Labute approximate surface area is 165 Å². The number of nitrogens with zero attached hydrogens (tertiary/aromatic N) is 4. The lowest BCUT2D eigenvalue weighted by Gasteiger charge is -2.19. The van der Waals surface area contributed by atoms with Gasteiger partial charge in [0.1, 0.15) is 0 Å². The summed E-state index contributed by atoms with van der Waals surface area (Å²) in [4.78, 5) is 13.7. The van der Waals surface area contributed by atoms with Gasteiger partial charge in [0.15, 0.2) is 0 Å². The third-order valence-electron chi connectivity index (χ3n) is 5.31. The molecule has 1 aliphatic heterocycles. The predicted octanol–water partition coefficient (Wildman–Crippen LogP) is 3.33. The fourth-order valence-corrected chi connectivity index (χ4v) is 3.54. The van der Waals surface area contributed by atoms with Crippen LogP contribution in [0.5, 0.6) is 0 Å². The molecule has 2 fully saturated rings. The average molecular weight is 406 g/mol. The number of carbonyl (C=O) groups is 1. The van der Waals surface area contributed by atoms with Crippen LogP contribution in [-0.2, 0) is 22.3 Å². The number of halogens is 3. The van der Waals surface area contributed by atoms with Crippen molar-refractivity contribution in [1.82, 2.24) is 19.9 Å². The van der Waals surface area contributed by atoms with Crippen molar-refractivity contribution in [2.45, 2.75) is 43.7 Å². The zero-order valence-electron chi connectivity index (χ0n) is 15.7. The van der Waals surface area contributed by atoms with E-state index in [4.69, 9.17) is 4.74 Å². The number of hydrogen-bond acceptors (Lipinski definition) is 4. The van der Waals surface area contributed by atoms with Crippen molar-refractivity contribution < 1.29 is 22.7 Å². The Balaban J connectivity index is 1.49. The molecule has 1 saturated heterocycles. The molecule has 2 aliphatic rings. The molecule has 1 aliphatic carbocycles. The van der Waals surface area contributed by atoms with Crippen LogP contribution >= 0.6 is 0 Å². The summed E-state index contributed by atoms with van der Waals surface area (Å²) in [5.74, 6) is 0.225. The summed E-state index contributed by atoms with van der Waals surface area (Å²) in [6.45, 7) is 4.21. The van der Waals surface area contributed by atoms with Gasteiger partial charge in [-0.05, 0) is 36.6 Å². The molecule has 1 saturated carbocycles. The minimum Gasteiger partial charge on any atom is -0.369 e. The summed E-state index contributed by atoms with van der Waals surface area (Å²) < 4.78 is 46.5. The maximum Gasteiger partial charge on any atom is 0.416 e. The number of aromatic nitrogens is 3. The van der Waals surface area contributed by atoms with E-state index in [1.54, 1.807) is 15.6 Å². The summed E-state index contributed by atoms with van der Waals surface area (Å²) in [7, 11) is 0. The Bertz CT molecular complexity index is 907. The second kappa shape index (κ2) is 7.62. The molecule has 2 atom stereocenters. The molecule has 154 valence electrons. The molecule has 2 heterocycles. The normalized spacial score (nSPS) is 22.1. The number of benzene rings is 1. The molecule has 0 N–H and O–H groups in total. The van der Waals surface area contributed by atoms with Gasteiger partial charge in [0, 0.05) is 25.2 Å². The number of hydrogen-bond donors (Lipinski definition) is 0. The standard InChI is InChI=1S/C20H21F3N4O2/c1-2-19(28)26-10-17(27-9-16(24-25-27)14-6-7-14)18(11-26)29-12-13-4-3-5-15(8-13)20(21,22)23/h2-5,8-9,14,17-18H,1,6-7,10-12H2/t17?,18-/m1/s1. The lowest BCUT2D eigenvalue weighted by molar-refractivity contribution is -0.137. The van der Waals surface area contributed by atoms with Gasteiger partial charge in [-0.3, -0.25) is 4.79 Å². The smallest absolute Gasteiger partial charge is 0.369 e. The molecular weight excluding hydrogens is 385 g/mol. The van der Waals surface area contributed by atoms with Crippen molar-refractivity contribution in [2.24, 2.45) is 0 Å². The van der Waals surface area contributed by atoms with Crippen LogP contribution in [0.15, 0.2) is 43.1 Å². The molecular formula is C20H21F3N4O2. The molecule has 1 amide bonds. The van der Waals surface area contributed by atoms with Gasteiger partial charge >= 0.3 is 6.18 Å². The molecule has 6 nitrogen and oxygen atoms in total. The second-order valence-electron chi connectivity index (χ2n) is 7.46. The summed E-state index contributed by atoms with van der Waals surface area (Å²) in [6, 6.07) is 4.80. The van der Waals surface area contributed by atoms with Gasteiger partial charge in [-0.25, -0.2) is 4.68 Å². The highest BCUT2D eigenvalue weighted by molar-refractivity contribution is 5.87. The minimum absolute atomic E-state index is 0.00534. The molecule has 29 heavy (non-hydrogen) atoms. The van der Waals surface area contributed by atoms with Crippen LogP contribution in [-0.4, -0.2) is 45.0 Å². The molecule has 0 bridgehead atoms. The number of carbonyl (C=O) groups excluding carboxylic acids is 1. The van der Waals surface area contributed by atoms with Crippen molar-refractivity contribution in [3.8, 4) is 0 Å². The molecule has 0 spiro atoms.